The molecule has 29 heavy (non-hydrogen) atoms. The molecule has 156 valence electrons. The van der Waals surface area contributed by atoms with Crippen LogP contribution in [0, 0.1) is 0 Å². The van der Waals surface area contributed by atoms with Crippen LogP contribution in [-0.2, 0) is 9.84 Å². The largest absolute Gasteiger partial charge is 0.256 e. The number of hydrogen-bond acceptors (Lipinski definition) is 4. The summed E-state index contributed by atoms with van der Waals surface area (Å²) in [6, 6.07) is 14.0. The van der Waals surface area contributed by atoms with E-state index in [0.29, 0.717) is 11.4 Å². The first kappa shape index (κ1) is 23.0. The molecule has 2 rings (SSSR count). The van der Waals surface area contributed by atoms with Gasteiger partial charge in [-0.3, -0.25) is 9.98 Å². The normalized spacial score (nSPS) is 13.0. The smallest absolute Gasteiger partial charge is 0.210 e. The lowest BCUT2D eigenvalue weighted by Crippen LogP contribution is -2.04. The lowest BCUT2D eigenvalue weighted by atomic mass is 10.2. The van der Waals surface area contributed by atoms with Crippen LogP contribution in [-0.4, -0.2) is 19.8 Å². The molecule has 2 aromatic carbocycles. The first-order valence-corrected chi connectivity index (χ1v) is 12.0. The van der Waals surface area contributed by atoms with Crippen LogP contribution in [0.4, 0.5) is 11.4 Å². The van der Waals surface area contributed by atoms with Gasteiger partial charge in [0.05, 0.1) is 21.2 Å². The van der Waals surface area contributed by atoms with Crippen molar-refractivity contribution in [2.24, 2.45) is 9.98 Å². The van der Waals surface area contributed by atoms with E-state index in [0.717, 1.165) is 49.9 Å². The predicted octanol–water partition coefficient (Wildman–Crippen LogP) is 7.08. The average molecular weight is 413 g/mol. The molecule has 5 heteroatoms. The molecule has 0 aromatic heterocycles. The summed E-state index contributed by atoms with van der Waals surface area (Å²) < 4.78 is 27.2. The maximum atomic E-state index is 13.6. The number of benzene rings is 2. The first-order valence-electron chi connectivity index (χ1n) is 10.5. The maximum Gasteiger partial charge on any atom is 0.210 e. The standard InChI is InChI=1S/C24H32N2O2S/c1-5-13-19(7-3)25-21-15-9-11-17-23(21)29(27,28)24-18-12-10-16-22(24)26-20(8-4)14-6-2/h9-12,15-18H,5-8,13-14H2,1-4H3. The summed E-state index contributed by atoms with van der Waals surface area (Å²) in [5.41, 5.74) is 3.03. The highest BCUT2D eigenvalue weighted by molar-refractivity contribution is 7.91. The average Bonchev–Trinajstić information content (AvgIpc) is 2.73. The minimum atomic E-state index is -3.75. The van der Waals surface area contributed by atoms with Gasteiger partial charge in [-0.05, 0) is 49.9 Å². The molecule has 0 aliphatic carbocycles. The van der Waals surface area contributed by atoms with E-state index >= 15 is 0 Å². The van der Waals surface area contributed by atoms with E-state index in [1.54, 1.807) is 36.4 Å². The molecule has 0 atom stereocenters. The van der Waals surface area contributed by atoms with E-state index in [2.05, 4.69) is 27.7 Å². The Kier molecular flexibility index (Phi) is 8.77. The quantitative estimate of drug-likeness (QED) is 0.391. The van der Waals surface area contributed by atoms with Gasteiger partial charge in [0.15, 0.2) is 0 Å². The molecule has 0 heterocycles. The van der Waals surface area contributed by atoms with Crippen molar-refractivity contribution >= 4 is 32.6 Å². The number of nitrogens with zero attached hydrogens (tertiary/aromatic N) is 2. The zero-order valence-corrected chi connectivity index (χ0v) is 18.8. The lowest BCUT2D eigenvalue weighted by molar-refractivity contribution is 0.596. The van der Waals surface area contributed by atoms with Gasteiger partial charge in [0.2, 0.25) is 9.84 Å². The Labute approximate surface area is 175 Å². The Morgan fingerprint density at radius 1 is 0.690 bits per heavy atom. The molecule has 4 nitrogen and oxygen atoms in total. The highest BCUT2D eigenvalue weighted by atomic mass is 32.2. The summed E-state index contributed by atoms with van der Waals surface area (Å²) in [6.07, 6.45) is 5.30. The molecule has 0 N–H and O–H groups in total. The van der Waals surface area contributed by atoms with Gasteiger partial charge in [0.25, 0.3) is 0 Å². The fourth-order valence-corrected chi connectivity index (χ4v) is 4.74. The molecule has 0 aliphatic rings. The molecule has 0 bridgehead atoms. The van der Waals surface area contributed by atoms with Crippen LogP contribution in [0.5, 0.6) is 0 Å². The van der Waals surface area contributed by atoms with Gasteiger partial charge in [-0.25, -0.2) is 8.42 Å². The second-order valence-electron chi connectivity index (χ2n) is 7.00. The van der Waals surface area contributed by atoms with Crippen molar-refractivity contribution in [3.63, 3.8) is 0 Å². The second-order valence-corrected chi connectivity index (χ2v) is 8.89. The summed E-state index contributed by atoms with van der Waals surface area (Å²) in [7, 11) is -3.75. The molecular weight excluding hydrogens is 380 g/mol. The summed E-state index contributed by atoms with van der Waals surface area (Å²) >= 11 is 0. The number of rotatable bonds is 10. The molecule has 0 fully saturated rings. The summed E-state index contributed by atoms with van der Waals surface area (Å²) in [5, 5.41) is 0. The van der Waals surface area contributed by atoms with Crippen LogP contribution in [0.25, 0.3) is 0 Å². The van der Waals surface area contributed by atoms with Gasteiger partial charge < -0.3 is 0 Å². The first-order chi connectivity index (χ1) is 14.0. The minimum Gasteiger partial charge on any atom is -0.256 e. The molecule has 2 aromatic rings. The fourth-order valence-electron chi connectivity index (χ4n) is 3.21. The van der Waals surface area contributed by atoms with Gasteiger partial charge in [-0.2, -0.15) is 0 Å². The van der Waals surface area contributed by atoms with Crippen LogP contribution < -0.4 is 0 Å². The fraction of sp³-hybridized carbons (Fsp3) is 0.417. The van der Waals surface area contributed by atoms with Crippen molar-refractivity contribution in [1.82, 2.24) is 0 Å². The van der Waals surface area contributed by atoms with Crippen molar-refractivity contribution in [1.29, 1.82) is 0 Å². The van der Waals surface area contributed by atoms with Crippen molar-refractivity contribution in [3.8, 4) is 0 Å². The van der Waals surface area contributed by atoms with Crippen LogP contribution >= 0.6 is 0 Å². The predicted molar refractivity (Wildman–Crippen MR) is 123 cm³/mol. The van der Waals surface area contributed by atoms with Crippen LogP contribution in [0.1, 0.15) is 66.2 Å². The van der Waals surface area contributed by atoms with Gasteiger partial charge >= 0.3 is 0 Å². The molecule has 0 saturated carbocycles. The Balaban J connectivity index is 2.62. The van der Waals surface area contributed by atoms with Gasteiger partial charge in [-0.15, -0.1) is 0 Å². The van der Waals surface area contributed by atoms with E-state index in [9.17, 15) is 8.42 Å². The topological polar surface area (TPSA) is 58.9 Å². The van der Waals surface area contributed by atoms with Gasteiger partial charge in [-0.1, -0.05) is 64.8 Å². The van der Waals surface area contributed by atoms with E-state index in [1.165, 1.54) is 0 Å². The van der Waals surface area contributed by atoms with Crippen LogP contribution in [0.3, 0.4) is 0 Å². The van der Waals surface area contributed by atoms with Gasteiger partial charge in [0, 0.05) is 11.4 Å². The van der Waals surface area contributed by atoms with E-state index in [-0.39, 0.29) is 9.79 Å². The third-order valence-electron chi connectivity index (χ3n) is 4.76. The molecule has 0 spiro atoms. The number of hydrogen-bond donors (Lipinski definition) is 0. The Bertz CT molecular complexity index is 902. The Morgan fingerprint density at radius 2 is 1.07 bits per heavy atom. The monoisotopic (exact) mass is 412 g/mol. The zero-order valence-electron chi connectivity index (χ0n) is 18.0. The Hall–Kier alpha value is -2.27. The lowest BCUT2D eigenvalue weighted by Gasteiger charge is -2.12. The summed E-state index contributed by atoms with van der Waals surface area (Å²) in [4.78, 5) is 9.86. The molecule has 0 radical (unpaired) electrons. The third-order valence-corrected chi connectivity index (χ3v) is 6.61. The van der Waals surface area contributed by atoms with E-state index < -0.39 is 9.84 Å². The third kappa shape index (κ3) is 5.86. The Morgan fingerprint density at radius 3 is 1.41 bits per heavy atom. The molecule has 0 unspecified atom stereocenters. The zero-order chi connectivity index (χ0) is 21.3. The number of para-hydroxylation sites is 2. The SMILES string of the molecule is CCCC(CC)=Nc1ccccc1S(=O)(=O)c1ccccc1N=C(CC)CCC. The van der Waals surface area contributed by atoms with Crippen molar-refractivity contribution in [3.05, 3.63) is 48.5 Å². The van der Waals surface area contributed by atoms with E-state index in [1.807, 2.05) is 12.1 Å². The number of sulfone groups is 1. The van der Waals surface area contributed by atoms with Crippen LogP contribution in [0.15, 0.2) is 68.3 Å². The molecular formula is C24H32N2O2S. The van der Waals surface area contributed by atoms with E-state index in [4.69, 9.17) is 9.98 Å². The van der Waals surface area contributed by atoms with Crippen molar-refractivity contribution in [2.45, 2.75) is 76.0 Å². The number of aliphatic imine (C=N–C) groups is 2. The molecule has 0 amide bonds. The maximum absolute atomic E-state index is 13.6. The second kappa shape index (κ2) is 11.1. The minimum absolute atomic E-state index is 0.234. The highest BCUT2D eigenvalue weighted by Gasteiger charge is 2.24. The van der Waals surface area contributed by atoms with Crippen molar-refractivity contribution in [2.75, 3.05) is 0 Å². The highest BCUT2D eigenvalue weighted by Crippen LogP contribution is 2.35. The van der Waals surface area contributed by atoms with Crippen molar-refractivity contribution < 1.29 is 8.42 Å². The van der Waals surface area contributed by atoms with Crippen LogP contribution in [0.2, 0.25) is 0 Å². The summed E-state index contributed by atoms with van der Waals surface area (Å²) in [5.74, 6) is 0. The summed E-state index contributed by atoms with van der Waals surface area (Å²) in [6.45, 7) is 8.30. The van der Waals surface area contributed by atoms with Gasteiger partial charge in [0.1, 0.15) is 0 Å². The molecule has 0 saturated heterocycles. The molecule has 0 aliphatic heterocycles.